The maximum Gasteiger partial charge on any atom is 0.416 e. The molecule has 6 heteroatoms. The van der Waals surface area contributed by atoms with Crippen LogP contribution in [0.2, 0.25) is 0 Å². The van der Waals surface area contributed by atoms with Crippen LogP contribution in [0, 0.1) is 17.7 Å². The summed E-state index contributed by atoms with van der Waals surface area (Å²) in [5.74, 6) is 0.113. The van der Waals surface area contributed by atoms with Gasteiger partial charge in [-0.15, -0.1) is 0 Å². The molecule has 2 nitrogen and oxygen atoms in total. The van der Waals surface area contributed by atoms with Gasteiger partial charge in [0.25, 0.3) is 0 Å². The Morgan fingerprint density at radius 1 is 1.14 bits per heavy atom. The number of fused-ring (bicyclic) bond motifs is 1. The number of benzene rings is 1. The van der Waals surface area contributed by atoms with Crippen molar-refractivity contribution in [3.8, 4) is 0 Å². The first-order valence-corrected chi connectivity index (χ1v) is 7.67. The summed E-state index contributed by atoms with van der Waals surface area (Å²) in [4.78, 5) is 2.11. The summed E-state index contributed by atoms with van der Waals surface area (Å²) < 4.78 is 51.7. The molecule has 0 bridgehead atoms. The minimum absolute atomic E-state index is 0.182. The van der Waals surface area contributed by atoms with Gasteiger partial charge in [0.2, 0.25) is 0 Å². The Morgan fingerprint density at radius 3 is 2.59 bits per heavy atom. The number of likely N-dealkylation sites (tertiary alicyclic amines) is 1. The van der Waals surface area contributed by atoms with Crippen molar-refractivity contribution in [1.82, 2.24) is 4.90 Å². The zero-order chi connectivity index (χ0) is 15.9. The highest BCUT2D eigenvalue weighted by molar-refractivity contribution is 5.27. The van der Waals surface area contributed by atoms with Crippen LogP contribution in [0.4, 0.5) is 17.6 Å². The largest absolute Gasteiger partial charge is 0.416 e. The van der Waals surface area contributed by atoms with E-state index in [2.05, 4.69) is 4.90 Å². The van der Waals surface area contributed by atoms with Gasteiger partial charge in [-0.3, -0.25) is 4.90 Å². The van der Waals surface area contributed by atoms with Crippen molar-refractivity contribution in [2.24, 2.45) is 17.6 Å². The molecule has 3 unspecified atom stereocenters. The Kier molecular flexibility index (Phi) is 4.16. The van der Waals surface area contributed by atoms with E-state index in [1.807, 2.05) is 0 Å². The molecular weight excluding hydrogens is 296 g/mol. The molecule has 0 spiro atoms. The average Bonchev–Trinajstić information content (AvgIpc) is 2.81. The Labute approximate surface area is 127 Å². The topological polar surface area (TPSA) is 29.3 Å². The van der Waals surface area contributed by atoms with Crippen LogP contribution >= 0.6 is 0 Å². The van der Waals surface area contributed by atoms with Crippen LogP contribution in [-0.4, -0.2) is 24.0 Å². The third kappa shape index (κ3) is 3.27. The van der Waals surface area contributed by atoms with Crippen molar-refractivity contribution < 1.29 is 17.6 Å². The summed E-state index contributed by atoms with van der Waals surface area (Å²) in [5, 5.41) is 0. The van der Waals surface area contributed by atoms with Crippen LogP contribution in [0.3, 0.4) is 0 Å². The second-order valence-corrected chi connectivity index (χ2v) is 6.56. The van der Waals surface area contributed by atoms with E-state index in [0.29, 0.717) is 30.0 Å². The van der Waals surface area contributed by atoms with Crippen LogP contribution in [-0.2, 0) is 12.7 Å². The summed E-state index contributed by atoms with van der Waals surface area (Å²) in [5.41, 5.74) is 5.60. The zero-order valence-electron chi connectivity index (χ0n) is 12.2. The van der Waals surface area contributed by atoms with Crippen LogP contribution < -0.4 is 5.73 Å². The minimum atomic E-state index is -4.52. The Bertz CT molecular complexity index is 543. The molecule has 3 atom stereocenters. The highest BCUT2D eigenvalue weighted by atomic mass is 19.4. The number of rotatable bonds is 2. The minimum Gasteiger partial charge on any atom is -0.327 e. The normalized spacial score (nSPS) is 29.6. The predicted molar refractivity (Wildman–Crippen MR) is 75.5 cm³/mol. The number of halogens is 4. The molecule has 3 rings (SSSR count). The molecule has 0 amide bonds. The van der Waals surface area contributed by atoms with Gasteiger partial charge in [-0.25, -0.2) is 4.39 Å². The molecule has 1 saturated carbocycles. The standard InChI is InChI=1S/C16H20F4N2/c17-13-5-10(4-12(6-13)16(18,19)20)7-22-8-11-2-1-3-15(21)14(11)9-22/h4-6,11,14-15H,1-3,7-9,21H2. The van der Waals surface area contributed by atoms with Crippen LogP contribution in [0.15, 0.2) is 18.2 Å². The molecule has 0 aromatic heterocycles. The van der Waals surface area contributed by atoms with Crippen LogP contribution in [0.25, 0.3) is 0 Å². The Hall–Kier alpha value is -1.14. The molecule has 1 aliphatic heterocycles. The second-order valence-electron chi connectivity index (χ2n) is 6.56. The lowest BCUT2D eigenvalue weighted by molar-refractivity contribution is -0.137. The molecule has 1 heterocycles. The molecule has 2 aliphatic rings. The SMILES string of the molecule is NC1CCCC2CN(Cc3cc(F)cc(C(F)(F)F)c3)CC12. The van der Waals surface area contributed by atoms with Gasteiger partial charge in [0, 0.05) is 25.7 Å². The molecule has 1 aromatic rings. The van der Waals surface area contributed by atoms with Crippen molar-refractivity contribution in [2.75, 3.05) is 13.1 Å². The first kappa shape index (κ1) is 15.7. The van der Waals surface area contributed by atoms with E-state index in [1.165, 1.54) is 6.07 Å². The third-order valence-corrected chi connectivity index (χ3v) is 4.92. The first-order chi connectivity index (χ1) is 10.3. The maximum absolute atomic E-state index is 13.5. The maximum atomic E-state index is 13.5. The lowest BCUT2D eigenvalue weighted by Crippen LogP contribution is -2.38. The molecule has 1 aromatic carbocycles. The van der Waals surface area contributed by atoms with Gasteiger partial charge in [-0.05, 0) is 48.4 Å². The van der Waals surface area contributed by atoms with Crippen molar-refractivity contribution in [3.05, 3.63) is 35.1 Å². The average molecular weight is 316 g/mol. The van der Waals surface area contributed by atoms with Gasteiger partial charge in [0.15, 0.2) is 0 Å². The van der Waals surface area contributed by atoms with Gasteiger partial charge in [0.05, 0.1) is 5.56 Å². The monoisotopic (exact) mass is 316 g/mol. The first-order valence-electron chi connectivity index (χ1n) is 7.67. The van der Waals surface area contributed by atoms with Gasteiger partial charge in [-0.2, -0.15) is 13.2 Å². The summed E-state index contributed by atoms with van der Waals surface area (Å²) >= 11 is 0. The number of nitrogens with two attached hydrogens (primary N) is 1. The lowest BCUT2D eigenvalue weighted by atomic mass is 9.78. The summed E-state index contributed by atoms with van der Waals surface area (Å²) in [6, 6.07) is 2.97. The third-order valence-electron chi connectivity index (χ3n) is 4.92. The Balaban J connectivity index is 1.73. The fourth-order valence-corrected chi connectivity index (χ4v) is 3.90. The van der Waals surface area contributed by atoms with Crippen molar-refractivity contribution in [3.63, 3.8) is 0 Å². The molecule has 22 heavy (non-hydrogen) atoms. The number of alkyl halides is 3. The van der Waals surface area contributed by atoms with Crippen molar-refractivity contribution in [1.29, 1.82) is 0 Å². The Morgan fingerprint density at radius 2 is 1.91 bits per heavy atom. The quantitative estimate of drug-likeness (QED) is 0.847. The molecule has 0 radical (unpaired) electrons. The van der Waals surface area contributed by atoms with E-state index in [1.54, 1.807) is 0 Å². The molecular formula is C16H20F4N2. The highest BCUT2D eigenvalue weighted by Gasteiger charge is 2.38. The predicted octanol–water partition coefficient (Wildman–Crippen LogP) is 3.40. The highest BCUT2D eigenvalue weighted by Crippen LogP contribution is 2.36. The van der Waals surface area contributed by atoms with E-state index in [4.69, 9.17) is 5.73 Å². The molecule has 122 valence electrons. The molecule has 2 N–H and O–H groups in total. The van der Waals surface area contributed by atoms with E-state index < -0.39 is 17.6 Å². The fraction of sp³-hybridized carbons (Fsp3) is 0.625. The second kappa shape index (κ2) is 5.81. The summed E-state index contributed by atoms with van der Waals surface area (Å²) in [6.45, 7) is 1.99. The number of nitrogens with zero attached hydrogens (tertiary/aromatic N) is 1. The van der Waals surface area contributed by atoms with E-state index in [9.17, 15) is 17.6 Å². The van der Waals surface area contributed by atoms with E-state index >= 15 is 0 Å². The van der Waals surface area contributed by atoms with E-state index in [0.717, 1.165) is 38.4 Å². The van der Waals surface area contributed by atoms with Crippen LogP contribution in [0.5, 0.6) is 0 Å². The molecule has 1 aliphatic carbocycles. The van der Waals surface area contributed by atoms with Crippen molar-refractivity contribution in [2.45, 2.75) is 38.0 Å². The lowest BCUT2D eigenvalue weighted by Gasteiger charge is -2.29. The fourth-order valence-electron chi connectivity index (χ4n) is 3.90. The molecule has 1 saturated heterocycles. The van der Waals surface area contributed by atoms with E-state index in [-0.39, 0.29) is 6.04 Å². The van der Waals surface area contributed by atoms with Gasteiger partial charge in [0.1, 0.15) is 5.82 Å². The van der Waals surface area contributed by atoms with Gasteiger partial charge < -0.3 is 5.73 Å². The zero-order valence-corrected chi connectivity index (χ0v) is 12.2. The van der Waals surface area contributed by atoms with Crippen LogP contribution in [0.1, 0.15) is 30.4 Å². The number of hydrogen-bond donors (Lipinski definition) is 1. The molecule has 2 fully saturated rings. The van der Waals surface area contributed by atoms with Crippen molar-refractivity contribution >= 4 is 0 Å². The summed E-state index contributed by atoms with van der Waals surface area (Å²) in [7, 11) is 0. The smallest absolute Gasteiger partial charge is 0.327 e. The summed E-state index contributed by atoms with van der Waals surface area (Å²) in [6.07, 6.45) is -1.24. The van der Waals surface area contributed by atoms with Gasteiger partial charge >= 0.3 is 6.18 Å². The number of hydrogen-bond acceptors (Lipinski definition) is 2. The van der Waals surface area contributed by atoms with Gasteiger partial charge in [-0.1, -0.05) is 6.42 Å².